The Balaban J connectivity index is 2.43. The van der Waals surface area contributed by atoms with Crippen molar-refractivity contribution in [1.82, 2.24) is 10.2 Å². The van der Waals surface area contributed by atoms with Crippen LogP contribution in [0.2, 0.25) is 0 Å². The van der Waals surface area contributed by atoms with Gasteiger partial charge in [-0.2, -0.15) is 0 Å². The lowest BCUT2D eigenvalue weighted by molar-refractivity contribution is 0.533. The maximum Gasteiger partial charge on any atom is 0.249 e. The van der Waals surface area contributed by atoms with E-state index in [9.17, 15) is 8.42 Å². The number of aryl methyl sites for hydroxylation is 1. The predicted octanol–water partition coefficient (Wildman–Crippen LogP) is 2.20. The van der Waals surface area contributed by atoms with Crippen molar-refractivity contribution in [3.8, 4) is 11.5 Å². The van der Waals surface area contributed by atoms with Gasteiger partial charge in [-0.15, -0.1) is 10.2 Å². The minimum atomic E-state index is -3.41. The fourth-order valence-electron chi connectivity index (χ4n) is 1.44. The highest BCUT2D eigenvalue weighted by molar-refractivity contribution is 7.93. The minimum Gasteiger partial charge on any atom is -0.421 e. The van der Waals surface area contributed by atoms with Crippen molar-refractivity contribution < 1.29 is 12.8 Å². The largest absolute Gasteiger partial charge is 0.421 e. The molecule has 0 radical (unpaired) electrons. The van der Waals surface area contributed by atoms with E-state index in [0.717, 1.165) is 0 Å². The van der Waals surface area contributed by atoms with E-state index >= 15 is 0 Å². The maximum absolute atomic E-state index is 11.9. The summed E-state index contributed by atoms with van der Waals surface area (Å²) in [6, 6.07) is 6.91. The van der Waals surface area contributed by atoms with Crippen LogP contribution in [0.5, 0.6) is 0 Å². The molecule has 19 heavy (non-hydrogen) atoms. The molecule has 0 atom stereocenters. The fraction of sp³-hybridized carbons (Fsp3) is 0.333. The van der Waals surface area contributed by atoms with Crippen molar-refractivity contribution in [3.63, 3.8) is 0 Å². The van der Waals surface area contributed by atoms with Crippen molar-refractivity contribution in [1.29, 1.82) is 0 Å². The van der Waals surface area contributed by atoms with Gasteiger partial charge >= 0.3 is 0 Å². The van der Waals surface area contributed by atoms with Crippen molar-refractivity contribution in [2.24, 2.45) is 0 Å². The van der Waals surface area contributed by atoms with E-state index in [1.165, 1.54) is 0 Å². The smallest absolute Gasteiger partial charge is 0.249 e. The fourth-order valence-corrected chi connectivity index (χ4v) is 2.16. The summed E-state index contributed by atoms with van der Waals surface area (Å²) >= 11 is 0. The average Bonchev–Trinajstić information content (AvgIpc) is 2.76. The molecule has 0 fully saturated rings. The Hall–Kier alpha value is -1.89. The molecule has 0 aliphatic rings. The Morgan fingerprint density at radius 2 is 1.89 bits per heavy atom. The third-order valence-corrected chi connectivity index (χ3v) is 4.30. The van der Waals surface area contributed by atoms with Crippen LogP contribution in [0.15, 0.2) is 28.7 Å². The van der Waals surface area contributed by atoms with Gasteiger partial charge < -0.3 is 4.42 Å². The monoisotopic (exact) mass is 281 g/mol. The van der Waals surface area contributed by atoms with Crippen LogP contribution >= 0.6 is 0 Å². The zero-order chi connectivity index (χ0) is 14.0. The van der Waals surface area contributed by atoms with Gasteiger partial charge in [-0.3, -0.25) is 4.72 Å². The molecule has 0 saturated carbocycles. The number of nitrogens with one attached hydrogen (secondary N) is 1. The van der Waals surface area contributed by atoms with Crippen LogP contribution in [-0.4, -0.2) is 23.9 Å². The van der Waals surface area contributed by atoms with Gasteiger partial charge in [0.05, 0.1) is 16.5 Å². The second-order valence-corrected chi connectivity index (χ2v) is 6.60. The third-order valence-electron chi connectivity index (χ3n) is 2.56. The Kier molecular flexibility index (Phi) is 3.57. The number of rotatable bonds is 4. The molecule has 1 heterocycles. The van der Waals surface area contributed by atoms with Gasteiger partial charge in [0.15, 0.2) is 0 Å². The van der Waals surface area contributed by atoms with Crippen LogP contribution < -0.4 is 4.72 Å². The number of anilines is 1. The first-order valence-corrected chi connectivity index (χ1v) is 7.36. The SMILES string of the molecule is Cc1nnc(-c2ccccc2NS(=O)(=O)C(C)C)o1. The molecule has 1 aromatic carbocycles. The Morgan fingerprint density at radius 3 is 2.47 bits per heavy atom. The molecule has 0 amide bonds. The van der Waals surface area contributed by atoms with Crippen LogP contribution in [0.4, 0.5) is 5.69 Å². The molecule has 1 aromatic heterocycles. The van der Waals surface area contributed by atoms with Gasteiger partial charge in [0.1, 0.15) is 0 Å². The number of sulfonamides is 1. The lowest BCUT2D eigenvalue weighted by Crippen LogP contribution is -2.22. The molecule has 0 bridgehead atoms. The van der Waals surface area contributed by atoms with Crippen LogP contribution in [0.25, 0.3) is 11.5 Å². The second-order valence-electron chi connectivity index (χ2n) is 4.37. The zero-order valence-electron chi connectivity index (χ0n) is 10.9. The molecule has 2 aromatic rings. The summed E-state index contributed by atoms with van der Waals surface area (Å²) in [7, 11) is -3.41. The van der Waals surface area contributed by atoms with Gasteiger partial charge in [-0.25, -0.2) is 8.42 Å². The molecule has 2 rings (SSSR count). The van der Waals surface area contributed by atoms with E-state index in [-0.39, 0.29) is 0 Å². The lowest BCUT2D eigenvalue weighted by Gasteiger charge is -2.12. The van der Waals surface area contributed by atoms with E-state index in [0.29, 0.717) is 23.0 Å². The first-order chi connectivity index (χ1) is 8.90. The second kappa shape index (κ2) is 5.00. The third kappa shape index (κ3) is 2.93. The number of para-hydroxylation sites is 1. The Bertz CT molecular complexity index is 677. The Morgan fingerprint density at radius 1 is 1.21 bits per heavy atom. The molecule has 7 heteroatoms. The standard InChI is InChI=1S/C12H15N3O3S/c1-8(2)19(16,17)15-11-7-5-4-6-10(11)12-14-13-9(3)18-12/h4-8,15H,1-3H3. The average molecular weight is 281 g/mol. The molecule has 0 saturated heterocycles. The summed E-state index contributed by atoms with van der Waals surface area (Å²) in [5.41, 5.74) is 0.993. The zero-order valence-corrected chi connectivity index (χ0v) is 11.7. The summed E-state index contributed by atoms with van der Waals surface area (Å²) in [6.07, 6.45) is 0. The quantitative estimate of drug-likeness (QED) is 0.928. The number of benzene rings is 1. The molecule has 0 aliphatic heterocycles. The molecule has 6 nitrogen and oxygen atoms in total. The van der Waals surface area contributed by atoms with E-state index in [4.69, 9.17) is 4.42 Å². The van der Waals surface area contributed by atoms with Crippen LogP contribution in [-0.2, 0) is 10.0 Å². The molecule has 0 aliphatic carbocycles. The normalized spacial score (nSPS) is 11.8. The van der Waals surface area contributed by atoms with E-state index in [1.807, 2.05) is 0 Å². The van der Waals surface area contributed by atoms with Gasteiger partial charge in [-0.1, -0.05) is 12.1 Å². The van der Waals surface area contributed by atoms with Crippen molar-refractivity contribution in [3.05, 3.63) is 30.2 Å². The van der Waals surface area contributed by atoms with Crippen LogP contribution in [0.1, 0.15) is 19.7 Å². The molecular weight excluding hydrogens is 266 g/mol. The first kappa shape index (κ1) is 13.5. The molecular formula is C12H15N3O3S. The minimum absolute atomic E-state index is 0.291. The Labute approximate surface area is 111 Å². The first-order valence-electron chi connectivity index (χ1n) is 5.81. The lowest BCUT2D eigenvalue weighted by atomic mass is 10.2. The van der Waals surface area contributed by atoms with Crippen molar-refractivity contribution in [2.75, 3.05) is 4.72 Å². The maximum atomic E-state index is 11.9. The number of hydrogen-bond acceptors (Lipinski definition) is 5. The van der Waals surface area contributed by atoms with Gasteiger partial charge in [0.25, 0.3) is 0 Å². The van der Waals surface area contributed by atoms with Gasteiger partial charge in [0.2, 0.25) is 21.8 Å². The number of nitrogens with zero attached hydrogens (tertiary/aromatic N) is 2. The topological polar surface area (TPSA) is 85.1 Å². The van der Waals surface area contributed by atoms with Crippen LogP contribution in [0.3, 0.4) is 0 Å². The molecule has 102 valence electrons. The molecule has 0 unspecified atom stereocenters. The summed E-state index contributed by atoms with van der Waals surface area (Å²) in [5.74, 6) is 0.719. The van der Waals surface area contributed by atoms with E-state index < -0.39 is 15.3 Å². The summed E-state index contributed by atoms with van der Waals surface area (Å²) in [6.45, 7) is 4.90. The van der Waals surface area contributed by atoms with Crippen molar-refractivity contribution in [2.45, 2.75) is 26.0 Å². The highest BCUT2D eigenvalue weighted by atomic mass is 32.2. The van der Waals surface area contributed by atoms with Gasteiger partial charge in [0, 0.05) is 6.92 Å². The molecule has 1 N–H and O–H groups in total. The van der Waals surface area contributed by atoms with E-state index in [1.54, 1.807) is 45.0 Å². The van der Waals surface area contributed by atoms with Crippen molar-refractivity contribution >= 4 is 15.7 Å². The summed E-state index contributed by atoms with van der Waals surface area (Å²) in [5, 5.41) is 7.12. The molecule has 0 spiro atoms. The predicted molar refractivity (Wildman–Crippen MR) is 72.1 cm³/mol. The summed E-state index contributed by atoms with van der Waals surface area (Å²) in [4.78, 5) is 0. The summed E-state index contributed by atoms with van der Waals surface area (Å²) < 4.78 is 31.7. The highest BCUT2D eigenvalue weighted by Crippen LogP contribution is 2.27. The van der Waals surface area contributed by atoms with Crippen LogP contribution in [0, 0.1) is 6.92 Å². The van der Waals surface area contributed by atoms with E-state index in [2.05, 4.69) is 14.9 Å². The number of aromatic nitrogens is 2. The highest BCUT2D eigenvalue weighted by Gasteiger charge is 2.19. The number of hydrogen-bond donors (Lipinski definition) is 1. The van der Waals surface area contributed by atoms with Gasteiger partial charge in [-0.05, 0) is 26.0 Å².